The van der Waals surface area contributed by atoms with Crippen LogP contribution in [0.25, 0.3) is 0 Å². The molecule has 29 heavy (non-hydrogen) atoms. The van der Waals surface area contributed by atoms with Crippen molar-refractivity contribution in [2.24, 2.45) is 5.73 Å². The molecule has 0 aliphatic heterocycles. The van der Waals surface area contributed by atoms with Crippen LogP contribution >= 0.6 is 0 Å². The van der Waals surface area contributed by atoms with Gasteiger partial charge in [0.1, 0.15) is 0 Å². The van der Waals surface area contributed by atoms with E-state index in [1.807, 2.05) is 0 Å². The van der Waals surface area contributed by atoms with Gasteiger partial charge in [-0.2, -0.15) is 0 Å². The SMILES string of the molecule is CCCCCCCCCCCCONCCNCCNCCNCCNCCN. The highest BCUT2D eigenvalue weighted by Crippen LogP contribution is 2.10. The lowest BCUT2D eigenvalue weighted by Gasteiger charge is -2.09. The van der Waals surface area contributed by atoms with Crippen molar-refractivity contribution in [3.8, 4) is 0 Å². The van der Waals surface area contributed by atoms with E-state index in [1.165, 1.54) is 57.8 Å². The molecular formula is C22H52N6O. The fourth-order valence-electron chi connectivity index (χ4n) is 3.08. The Morgan fingerprint density at radius 1 is 0.517 bits per heavy atom. The molecule has 0 aromatic rings. The van der Waals surface area contributed by atoms with E-state index in [9.17, 15) is 0 Å². The molecule has 0 unspecified atom stereocenters. The van der Waals surface area contributed by atoms with Crippen LogP contribution in [0.2, 0.25) is 0 Å². The molecule has 0 radical (unpaired) electrons. The van der Waals surface area contributed by atoms with Crippen molar-refractivity contribution in [3.05, 3.63) is 0 Å². The molecule has 0 atom stereocenters. The predicted molar refractivity (Wildman–Crippen MR) is 126 cm³/mol. The molecule has 0 saturated carbocycles. The van der Waals surface area contributed by atoms with Gasteiger partial charge in [0, 0.05) is 65.4 Å². The molecule has 176 valence electrons. The van der Waals surface area contributed by atoms with Gasteiger partial charge in [-0.1, -0.05) is 64.7 Å². The van der Waals surface area contributed by atoms with Gasteiger partial charge in [0.05, 0.1) is 6.61 Å². The Hall–Kier alpha value is -0.280. The summed E-state index contributed by atoms with van der Waals surface area (Å²) in [7, 11) is 0. The topological polar surface area (TPSA) is 95.4 Å². The lowest BCUT2D eigenvalue weighted by atomic mass is 10.1. The van der Waals surface area contributed by atoms with E-state index >= 15 is 0 Å². The third kappa shape index (κ3) is 27.7. The van der Waals surface area contributed by atoms with Gasteiger partial charge in [0.15, 0.2) is 0 Å². The third-order valence-corrected chi connectivity index (χ3v) is 4.86. The molecule has 0 bridgehead atoms. The zero-order chi connectivity index (χ0) is 21.1. The number of nitrogens with two attached hydrogens (primary N) is 1. The maximum absolute atomic E-state index is 5.49. The molecular weight excluding hydrogens is 364 g/mol. The Bertz CT molecular complexity index is 258. The van der Waals surface area contributed by atoms with Crippen LogP contribution in [0.4, 0.5) is 0 Å². The minimum Gasteiger partial charge on any atom is -0.329 e. The van der Waals surface area contributed by atoms with E-state index < -0.39 is 0 Å². The minimum atomic E-state index is 0.704. The number of nitrogens with one attached hydrogen (secondary N) is 5. The normalized spacial score (nSPS) is 11.4. The van der Waals surface area contributed by atoms with Gasteiger partial charge in [0.2, 0.25) is 0 Å². The smallest absolute Gasteiger partial charge is 0.0682 e. The van der Waals surface area contributed by atoms with Gasteiger partial charge in [-0.25, -0.2) is 5.48 Å². The van der Waals surface area contributed by atoms with Crippen molar-refractivity contribution >= 4 is 0 Å². The van der Waals surface area contributed by atoms with Crippen molar-refractivity contribution in [1.82, 2.24) is 26.7 Å². The average molecular weight is 417 g/mol. The fourth-order valence-corrected chi connectivity index (χ4v) is 3.08. The van der Waals surface area contributed by atoms with Crippen molar-refractivity contribution in [2.45, 2.75) is 71.1 Å². The number of unbranched alkanes of at least 4 members (excludes halogenated alkanes) is 9. The summed E-state index contributed by atoms with van der Waals surface area (Å²) < 4.78 is 0. The number of hydrogen-bond donors (Lipinski definition) is 6. The first-order chi connectivity index (χ1) is 14.4. The maximum atomic E-state index is 5.49. The van der Waals surface area contributed by atoms with Crippen LogP contribution in [0.15, 0.2) is 0 Å². The van der Waals surface area contributed by atoms with E-state index in [-0.39, 0.29) is 0 Å². The summed E-state index contributed by atoms with van der Waals surface area (Å²) in [5.41, 5.74) is 8.47. The van der Waals surface area contributed by atoms with E-state index in [1.54, 1.807) is 0 Å². The molecule has 0 heterocycles. The zero-order valence-electron chi connectivity index (χ0n) is 19.3. The Kier molecular flexibility index (Phi) is 27.5. The van der Waals surface area contributed by atoms with Gasteiger partial charge in [-0.15, -0.1) is 0 Å². The number of hydroxylamine groups is 1. The van der Waals surface area contributed by atoms with Gasteiger partial charge in [-0.05, 0) is 6.42 Å². The molecule has 0 aliphatic rings. The Labute approximate surface area is 181 Å². The standard InChI is InChI=1S/C22H52N6O/c1-2-3-4-5-6-7-8-9-10-11-22-29-28-21-20-27-19-18-26-17-16-25-15-14-24-13-12-23/h24-28H,2-23H2,1H3. The molecule has 0 aromatic heterocycles. The van der Waals surface area contributed by atoms with Gasteiger partial charge in [-0.3, -0.25) is 0 Å². The highest BCUT2D eigenvalue weighted by Gasteiger charge is 1.94. The van der Waals surface area contributed by atoms with Crippen molar-refractivity contribution in [3.63, 3.8) is 0 Å². The summed E-state index contributed by atoms with van der Waals surface area (Å²) in [6.45, 7) is 12.4. The minimum absolute atomic E-state index is 0.704. The number of rotatable bonds is 26. The van der Waals surface area contributed by atoms with Crippen molar-refractivity contribution in [2.75, 3.05) is 72.1 Å². The molecule has 0 aliphatic carbocycles. The second-order valence-electron chi connectivity index (χ2n) is 7.71. The number of hydrogen-bond acceptors (Lipinski definition) is 7. The molecule has 7 nitrogen and oxygen atoms in total. The quantitative estimate of drug-likeness (QED) is 0.0944. The van der Waals surface area contributed by atoms with Gasteiger partial charge < -0.3 is 31.8 Å². The van der Waals surface area contributed by atoms with Gasteiger partial charge in [0.25, 0.3) is 0 Å². The highest BCUT2D eigenvalue weighted by atomic mass is 16.6. The molecule has 0 saturated heterocycles. The van der Waals surface area contributed by atoms with Gasteiger partial charge >= 0.3 is 0 Å². The lowest BCUT2D eigenvalue weighted by Crippen LogP contribution is -2.37. The molecule has 0 fully saturated rings. The van der Waals surface area contributed by atoms with E-state index in [0.717, 1.165) is 71.9 Å². The van der Waals surface area contributed by atoms with Crippen LogP contribution in [0.5, 0.6) is 0 Å². The second-order valence-corrected chi connectivity index (χ2v) is 7.71. The molecule has 7 N–H and O–H groups in total. The Morgan fingerprint density at radius 3 is 1.41 bits per heavy atom. The average Bonchev–Trinajstić information content (AvgIpc) is 2.74. The summed E-state index contributed by atoms with van der Waals surface area (Å²) >= 11 is 0. The molecule has 0 amide bonds. The van der Waals surface area contributed by atoms with Crippen LogP contribution in [0.1, 0.15) is 71.1 Å². The molecule has 0 rings (SSSR count). The van der Waals surface area contributed by atoms with Crippen LogP contribution in [-0.4, -0.2) is 72.1 Å². The van der Waals surface area contributed by atoms with E-state index in [2.05, 4.69) is 33.7 Å². The van der Waals surface area contributed by atoms with Crippen LogP contribution in [0, 0.1) is 0 Å². The highest BCUT2D eigenvalue weighted by molar-refractivity contribution is 4.57. The van der Waals surface area contributed by atoms with E-state index in [4.69, 9.17) is 10.6 Å². The summed E-state index contributed by atoms with van der Waals surface area (Å²) in [5, 5.41) is 13.5. The molecule has 7 heteroatoms. The fraction of sp³-hybridized carbons (Fsp3) is 1.00. The summed E-state index contributed by atoms with van der Waals surface area (Å²) in [6, 6.07) is 0. The molecule has 0 aromatic carbocycles. The first-order valence-corrected chi connectivity index (χ1v) is 12.3. The zero-order valence-corrected chi connectivity index (χ0v) is 19.3. The monoisotopic (exact) mass is 416 g/mol. The molecule has 0 spiro atoms. The second kappa shape index (κ2) is 27.7. The van der Waals surface area contributed by atoms with Crippen molar-refractivity contribution in [1.29, 1.82) is 0 Å². The predicted octanol–water partition coefficient (Wildman–Crippen LogP) is 1.75. The first-order valence-electron chi connectivity index (χ1n) is 12.3. The van der Waals surface area contributed by atoms with Crippen LogP contribution < -0.4 is 32.5 Å². The van der Waals surface area contributed by atoms with Crippen molar-refractivity contribution < 1.29 is 4.84 Å². The third-order valence-electron chi connectivity index (χ3n) is 4.86. The summed E-state index contributed by atoms with van der Waals surface area (Å²) in [5.74, 6) is 0. The van der Waals surface area contributed by atoms with Crippen LogP contribution in [0.3, 0.4) is 0 Å². The Balaban J connectivity index is 2.97. The lowest BCUT2D eigenvalue weighted by molar-refractivity contribution is 0.0393. The maximum Gasteiger partial charge on any atom is 0.0682 e. The van der Waals surface area contributed by atoms with Crippen LogP contribution in [-0.2, 0) is 4.84 Å². The summed E-state index contributed by atoms with van der Waals surface area (Å²) in [4.78, 5) is 5.49. The largest absolute Gasteiger partial charge is 0.329 e. The first kappa shape index (κ1) is 28.7. The Morgan fingerprint density at radius 2 is 0.931 bits per heavy atom. The van der Waals surface area contributed by atoms with E-state index in [0.29, 0.717) is 6.54 Å². The summed E-state index contributed by atoms with van der Waals surface area (Å²) in [6.07, 6.45) is 13.6.